The highest BCUT2D eigenvalue weighted by Gasteiger charge is 2.13. The summed E-state index contributed by atoms with van der Waals surface area (Å²) in [5.74, 6) is 0. The summed E-state index contributed by atoms with van der Waals surface area (Å²) in [5, 5.41) is 0. The second-order valence-corrected chi connectivity index (χ2v) is 15.9. The van der Waals surface area contributed by atoms with Gasteiger partial charge in [-0.05, 0) is 143 Å². The topological polar surface area (TPSA) is 16.2 Å². The first-order chi connectivity index (χ1) is 28.5. The molecule has 0 aliphatic rings. The average molecular weight is 784 g/mol. The van der Waals surface area contributed by atoms with E-state index in [1.807, 2.05) is 0 Å². The number of nitrogens with zero attached hydrogens (tertiary/aromatic N) is 5. The highest BCUT2D eigenvalue weighted by Crippen LogP contribution is 2.32. The summed E-state index contributed by atoms with van der Waals surface area (Å²) in [7, 11) is 0. The lowest BCUT2D eigenvalue weighted by atomic mass is 10.1. The van der Waals surface area contributed by atoms with Gasteiger partial charge < -0.3 is 24.5 Å². The van der Waals surface area contributed by atoms with E-state index in [1.54, 1.807) is 0 Å². The molecule has 0 N–H and O–H groups in total. The minimum Gasteiger partial charge on any atom is -0.372 e. The van der Waals surface area contributed by atoms with Gasteiger partial charge in [0.2, 0.25) is 0 Å². The van der Waals surface area contributed by atoms with E-state index >= 15 is 0 Å². The maximum Gasteiger partial charge on any atom is 0.0456 e. The highest BCUT2D eigenvalue weighted by molar-refractivity contribution is 5.71. The lowest BCUT2D eigenvalue weighted by Gasteiger charge is -2.27. The van der Waals surface area contributed by atoms with Gasteiger partial charge in [0.05, 0.1) is 0 Å². The molecule has 0 amide bonds. The Labute approximate surface area is 355 Å². The molecule has 0 fully saturated rings. The van der Waals surface area contributed by atoms with E-state index in [1.165, 1.54) is 99.7 Å². The van der Waals surface area contributed by atoms with E-state index in [4.69, 9.17) is 0 Å². The Morgan fingerprint density at radius 2 is 0.517 bits per heavy atom. The number of rotatable bonds is 28. The van der Waals surface area contributed by atoms with Gasteiger partial charge in [0.1, 0.15) is 0 Å². The maximum atomic E-state index is 2.57. The van der Waals surface area contributed by atoms with E-state index < -0.39 is 0 Å². The Balaban J connectivity index is 1.67. The number of unbranched alkanes of at least 4 members (excludes halogenated alkanes) is 6. The number of allylic oxidation sites excluding steroid dienone is 2. The van der Waals surface area contributed by atoms with Crippen molar-refractivity contribution in [1.29, 1.82) is 0 Å². The van der Waals surface area contributed by atoms with Crippen LogP contribution in [0.15, 0.2) is 122 Å². The third-order valence-corrected chi connectivity index (χ3v) is 11.1. The van der Waals surface area contributed by atoms with Crippen LogP contribution in [0.2, 0.25) is 0 Å². The fourth-order valence-corrected chi connectivity index (χ4v) is 7.30. The maximum absolute atomic E-state index is 2.57. The van der Waals surface area contributed by atoms with E-state index in [9.17, 15) is 0 Å². The van der Waals surface area contributed by atoms with Gasteiger partial charge >= 0.3 is 0 Å². The number of hydrogen-bond donors (Lipinski definition) is 0. The third-order valence-electron chi connectivity index (χ3n) is 11.1. The molecule has 0 saturated carbocycles. The smallest absolute Gasteiger partial charge is 0.0456 e. The molecular weight excluding hydrogens is 707 g/mol. The SMILES string of the molecule is CCCCN(CCCC)c1ccc(N(/C=C/C=C/N(c2ccc(N(CCCC)CCCC)cc2)c2ccc(N(CCCC)CCCC)cc2)c2ccc(C)cc2)cc1. The van der Waals surface area contributed by atoms with E-state index in [0.29, 0.717) is 0 Å². The Hall–Kier alpha value is -4.64. The van der Waals surface area contributed by atoms with Crippen molar-refractivity contribution in [1.82, 2.24) is 0 Å². The Bertz CT molecular complexity index is 1620. The van der Waals surface area contributed by atoms with E-state index in [-0.39, 0.29) is 0 Å². The lowest BCUT2D eigenvalue weighted by Crippen LogP contribution is -2.25. The lowest BCUT2D eigenvalue weighted by molar-refractivity contribution is 0.678. The fraction of sp³-hybridized carbons (Fsp3) is 0.472. The average Bonchev–Trinajstić information content (AvgIpc) is 3.26. The van der Waals surface area contributed by atoms with Gasteiger partial charge in [-0.25, -0.2) is 0 Å². The van der Waals surface area contributed by atoms with Crippen LogP contribution < -0.4 is 24.5 Å². The zero-order chi connectivity index (χ0) is 41.4. The van der Waals surface area contributed by atoms with Crippen LogP contribution >= 0.6 is 0 Å². The molecule has 5 nitrogen and oxygen atoms in total. The number of aryl methyl sites for hydroxylation is 1. The van der Waals surface area contributed by atoms with Gasteiger partial charge in [0.25, 0.3) is 0 Å². The van der Waals surface area contributed by atoms with Crippen molar-refractivity contribution in [3.8, 4) is 0 Å². The Morgan fingerprint density at radius 3 is 0.741 bits per heavy atom. The zero-order valence-electron chi connectivity index (χ0n) is 37.5. The second kappa shape index (κ2) is 26.4. The largest absolute Gasteiger partial charge is 0.372 e. The number of benzene rings is 4. The van der Waals surface area contributed by atoms with Crippen LogP contribution in [0, 0.1) is 6.92 Å². The molecule has 0 saturated heterocycles. The first kappa shape index (κ1) is 46.1. The van der Waals surface area contributed by atoms with Crippen LogP contribution in [-0.4, -0.2) is 39.3 Å². The molecule has 58 heavy (non-hydrogen) atoms. The van der Waals surface area contributed by atoms with Gasteiger partial charge in [-0.15, -0.1) is 0 Å². The zero-order valence-corrected chi connectivity index (χ0v) is 37.5. The highest BCUT2D eigenvalue weighted by atomic mass is 15.2. The molecule has 0 aliphatic heterocycles. The Morgan fingerprint density at radius 1 is 0.310 bits per heavy atom. The van der Waals surface area contributed by atoms with Crippen LogP contribution in [-0.2, 0) is 0 Å². The summed E-state index contributed by atoms with van der Waals surface area (Å²) >= 11 is 0. The van der Waals surface area contributed by atoms with Crippen LogP contribution in [0.4, 0.5) is 39.8 Å². The molecule has 0 atom stereocenters. The summed E-state index contributed by atoms with van der Waals surface area (Å²) in [6, 6.07) is 36.4. The summed E-state index contributed by atoms with van der Waals surface area (Å²) in [6.07, 6.45) is 23.3. The molecule has 0 heterocycles. The standard InChI is InChI=1S/C53H77N5/c1-8-14-38-54(39-15-9-2)47-26-32-51(33-27-47)57(50-24-22-46(7)23-25-50)44-20-21-45-58(52-34-28-48(29-35-52)55(40-16-10-3)41-17-11-4)53-36-30-49(31-37-53)56(42-18-12-5)43-19-13-6/h20-37,44-45H,8-19,38-43H2,1-7H3/b44-20+,45-21+. The molecule has 0 aromatic heterocycles. The molecule has 5 heteroatoms. The Kier molecular flexibility index (Phi) is 20.9. The van der Waals surface area contributed by atoms with Gasteiger partial charge in [-0.2, -0.15) is 0 Å². The predicted molar refractivity (Wildman–Crippen MR) is 259 cm³/mol. The molecule has 0 bridgehead atoms. The third kappa shape index (κ3) is 14.6. The van der Waals surface area contributed by atoms with Crippen LogP contribution in [0.5, 0.6) is 0 Å². The molecule has 0 spiro atoms. The van der Waals surface area contributed by atoms with E-state index in [0.717, 1.165) is 62.0 Å². The minimum atomic E-state index is 1.11. The quantitative estimate of drug-likeness (QED) is 0.0532. The van der Waals surface area contributed by atoms with Crippen molar-refractivity contribution in [3.05, 3.63) is 127 Å². The van der Waals surface area contributed by atoms with Gasteiger partial charge in [0.15, 0.2) is 0 Å². The van der Waals surface area contributed by atoms with Crippen molar-refractivity contribution >= 4 is 39.8 Å². The van der Waals surface area contributed by atoms with Gasteiger partial charge in [0, 0.05) is 91.5 Å². The molecule has 4 aromatic carbocycles. The predicted octanol–water partition coefficient (Wildman–Crippen LogP) is 15.2. The molecule has 0 aliphatic carbocycles. The molecule has 0 unspecified atom stereocenters. The van der Waals surface area contributed by atoms with Crippen molar-refractivity contribution in [2.45, 2.75) is 126 Å². The minimum absolute atomic E-state index is 1.11. The summed E-state index contributed by atoms with van der Waals surface area (Å²) in [5.41, 5.74) is 9.80. The number of anilines is 7. The van der Waals surface area contributed by atoms with Crippen molar-refractivity contribution in [2.24, 2.45) is 0 Å². The molecule has 314 valence electrons. The molecule has 4 aromatic rings. The molecular formula is C53H77N5. The van der Waals surface area contributed by atoms with Crippen LogP contribution in [0.25, 0.3) is 0 Å². The normalized spacial score (nSPS) is 11.4. The summed E-state index contributed by atoms with van der Waals surface area (Å²) in [6.45, 7) is 22.5. The first-order valence-electron chi connectivity index (χ1n) is 23.0. The molecule has 0 radical (unpaired) electrons. The first-order valence-corrected chi connectivity index (χ1v) is 23.0. The monoisotopic (exact) mass is 784 g/mol. The van der Waals surface area contributed by atoms with Gasteiger partial charge in [-0.1, -0.05) is 97.8 Å². The number of hydrogen-bond acceptors (Lipinski definition) is 5. The van der Waals surface area contributed by atoms with Crippen LogP contribution in [0.3, 0.4) is 0 Å². The van der Waals surface area contributed by atoms with Crippen molar-refractivity contribution < 1.29 is 0 Å². The molecule has 4 rings (SSSR count). The van der Waals surface area contributed by atoms with Crippen LogP contribution in [0.1, 0.15) is 124 Å². The van der Waals surface area contributed by atoms with Crippen molar-refractivity contribution in [2.75, 3.05) is 63.8 Å². The van der Waals surface area contributed by atoms with Crippen molar-refractivity contribution in [3.63, 3.8) is 0 Å². The van der Waals surface area contributed by atoms with Gasteiger partial charge in [-0.3, -0.25) is 0 Å². The van der Waals surface area contributed by atoms with E-state index in [2.05, 4.69) is 195 Å². The fourth-order valence-electron chi connectivity index (χ4n) is 7.30. The second-order valence-electron chi connectivity index (χ2n) is 15.9. The summed E-state index contributed by atoms with van der Waals surface area (Å²) < 4.78 is 0. The summed E-state index contributed by atoms with van der Waals surface area (Å²) in [4.78, 5) is 12.3.